The highest BCUT2D eigenvalue weighted by molar-refractivity contribution is 7.98. The summed E-state index contributed by atoms with van der Waals surface area (Å²) in [6.45, 7) is 0.0167. The first-order valence-electron chi connectivity index (χ1n) is 3.31. The Morgan fingerprint density at radius 1 is 1.55 bits per heavy atom. The van der Waals surface area contributed by atoms with Gasteiger partial charge in [-0.05, 0) is 18.4 Å². The first-order chi connectivity index (χ1) is 5.29. The summed E-state index contributed by atoms with van der Waals surface area (Å²) in [6.07, 6.45) is 1.97. The fourth-order valence-corrected chi connectivity index (χ4v) is 1.59. The number of rotatable bonds is 2. The van der Waals surface area contributed by atoms with E-state index in [1.54, 1.807) is 17.8 Å². The van der Waals surface area contributed by atoms with Crippen LogP contribution in [0.2, 0.25) is 0 Å². The zero-order valence-electron chi connectivity index (χ0n) is 6.37. The molecule has 0 aliphatic rings. The van der Waals surface area contributed by atoms with Gasteiger partial charge in [-0.15, -0.1) is 11.8 Å². The van der Waals surface area contributed by atoms with Crippen molar-refractivity contribution in [3.63, 3.8) is 0 Å². The third-order valence-corrected chi connectivity index (χ3v) is 2.37. The quantitative estimate of drug-likeness (QED) is 0.520. The second-order valence-corrected chi connectivity index (χ2v) is 3.03. The second kappa shape index (κ2) is 3.64. The zero-order valence-corrected chi connectivity index (χ0v) is 7.19. The molecule has 0 aliphatic heterocycles. The van der Waals surface area contributed by atoms with Crippen molar-refractivity contribution in [2.45, 2.75) is 11.5 Å². The molecule has 0 bridgehead atoms. The third-order valence-electron chi connectivity index (χ3n) is 1.55. The van der Waals surface area contributed by atoms with E-state index in [4.69, 9.17) is 10.8 Å². The molecule has 0 atom stereocenters. The average Bonchev–Trinajstić information content (AvgIpc) is 2.04. The normalized spacial score (nSPS) is 10.0. The van der Waals surface area contributed by atoms with Crippen LogP contribution >= 0.6 is 11.8 Å². The van der Waals surface area contributed by atoms with Crippen LogP contribution in [0.25, 0.3) is 0 Å². The van der Waals surface area contributed by atoms with E-state index in [0.29, 0.717) is 5.69 Å². The molecule has 0 saturated carbocycles. The summed E-state index contributed by atoms with van der Waals surface area (Å²) < 4.78 is 0. The van der Waals surface area contributed by atoms with Gasteiger partial charge in [-0.1, -0.05) is 6.07 Å². The van der Waals surface area contributed by atoms with E-state index in [9.17, 15) is 0 Å². The maximum Gasteiger partial charge on any atom is 0.0713 e. The Kier molecular flexibility index (Phi) is 2.79. The van der Waals surface area contributed by atoms with Crippen LogP contribution in [-0.4, -0.2) is 11.4 Å². The molecule has 0 aliphatic carbocycles. The lowest BCUT2D eigenvalue weighted by molar-refractivity contribution is 0.279. The number of hydrogen-bond acceptors (Lipinski definition) is 3. The Labute approximate surface area is 70.4 Å². The number of benzene rings is 1. The monoisotopic (exact) mass is 169 g/mol. The minimum atomic E-state index is 0.0167. The molecule has 0 amide bonds. The Bertz CT molecular complexity index is 250. The summed E-state index contributed by atoms with van der Waals surface area (Å²) in [5.74, 6) is 0. The van der Waals surface area contributed by atoms with Gasteiger partial charge in [0.1, 0.15) is 0 Å². The zero-order chi connectivity index (χ0) is 8.27. The number of hydrogen-bond donors (Lipinski definition) is 2. The number of aliphatic hydroxyl groups is 1. The van der Waals surface area contributed by atoms with E-state index in [-0.39, 0.29) is 6.61 Å². The van der Waals surface area contributed by atoms with Crippen molar-refractivity contribution >= 4 is 17.4 Å². The molecule has 1 aromatic rings. The fraction of sp³-hybridized carbons (Fsp3) is 0.250. The smallest absolute Gasteiger partial charge is 0.0713 e. The molecular weight excluding hydrogens is 158 g/mol. The molecule has 0 saturated heterocycles. The Balaban J connectivity index is 3.13. The highest BCUT2D eigenvalue weighted by Gasteiger charge is 2.02. The lowest BCUT2D eigenvalue weighted by atomic mass is 10.2. The van der Waals surface area contributed by atoms with Gasteiger partial charge >= 0.3 is 0 Å². The average molecular weight is 169 g/mol. The van der Waals surface area contributed by atoms with Gasteiger partial charge in [0.15, 0.2) is 0 Å². The predicted octanol–water partition coefficient (Wildman–Crippen LogP) is 1.48. The summed E-state index contributed by atoms with van der Waals surface area (Å²) in [6, 6.07) is 5.64. The predicted molar refractivity (Wildman–Crippen MR) is 48.6 cm³/mol. The topological polar surface area (TPSA) is 46.2 Å². The fourth-order valence-electron chi connectivity index (χ4n) is 0.943. The maximum atomic E-state index is 8.94. The molecule has 0 spiro atoms. The van der Waals surface area contributed by atoms with Gasteiger partial charge < -0.3 is 10.8 Å². The summed E-state index contributed by atoms with van der Waals surface area (Å²) in [5.41, 5.74) is 7.13. The summed E-state index contributed by atoms with van der Waals surface area (Å²) in [5, 5.41) is 8.94. The number of nitrogens with two attached hydrogens (primary N) is 1. The molecule has 3 N–H and O–H groups in total. The Hall–Kier alpha value is -0.670. The van der Waals surface area contributed by atoms with Crippen LogP contribution in [0.5, 0.6) is 0 Å². The number of anilines is 1. The van der Waals surface area contributed by atoms with E-state index >= 15 is 0 Å². The van der Waals surface area contributed by atoms with E-state index in [1.807, 2.05) is 18.4 Å². The van der Waals surface area contributed by atoms with E-state index in [0.717, 1.165) is 10.5 Å². The van der Waals surface area contributed by atoms with Crippen molar-refractivity contribution in [1.82, 2.24) is 0 Å². The molecule has 3 heteroatoms. The first-order valence-corrected chi connectivity index (χ1v) is 4.54. The molecule has 1 rings (SSSR count). The molecule has 0 radical (unpaired) electrons. The van der Waals surface area contributed by atoms with Crippen molar-refractivity contribution in [2.75, 3.05) is 12.0 Å². The molecular formula is C8H11NOS. The van der Waals surface area contributed by atoms with Gasteiger partial charge in [-0.25, -0.2) is 0 Å². The van der Waals surface area contributed by atoms with Crippen LogP contribution in [0.4, 0.5) is 5.69 Å². The lowest BCUT2D eigenvalue weighted by Crippen LogP contribution is -1.95. The van der Waals surface area contributed by atoms with Crippen molar-refractivity contribution in [3.05, 3.63) is 23.8 Å². The maximum absolute atomic E-state index is 8.94. The van der Waals surface area contributed by atoms with Gasteiger partial charge in [0.2, 0.25) is 0 Å². The molecule has 11 heavy (non-hydrogen) atoms. The lowest BCUT2D eigenvalue weighted by Gasteiger charge is -2.06. The van der Waals surface area contributed by atoms with Crippen LogP contribution in [0.3, 0.4) is 0 Å². The minimum Gasteiger partial charge on any atom is -0.398 e. The van der Waals surface area contributed by atoms with Gasteiger partial charge in [0, 0.05) is 16.1 Å². The number of thioether (sulfide) groups is 1. The third kappa shape index (κ3) is 1.67. The molecule has 0 aromatic heterocycles. The molecule has 0 fully saturated rings. The van der Waals surface area contributed by atoms with Crippen molar-refractivity contribution in [1.29, 1.82) is 0 Å². The first kappa shape index (κ1) is 8.43. The highest BCUT2D eigenvalue weighted by Crippen LogP contribution is 2.24. The molecule has 0 unspecified atom stereocenters. The standard InChI is InChI=1S/C8H11NOS/c1-11-8-4-2-3-7(9)6(8)5-10/h2-4,10H,5,9H2,1H3. The van der Waals surface area contributed by atoms with Gasteiger partial charge in [-0.2, -0.15) is 0 Å². The van der Waals surface area contributed by atoms with Crippen LogP contribution in [-0.2, 0) is 6.61 Å². The van der Waals surface area contributed by atoms with Crippen molar-refractivity contribution < 1.29 is 5.11 Å². The Morgan fingerprint density at radius 2 is 2.27 bits per heavy atom. The summed E-state index contributed by atoms with van der Waals surface area (Å²) in [7, 11) is 0. The van der Waals surface area contributed by atoms with Crippen molar-refractivity contribution in [2.24, 2.45) is 0 Å². The van der Waals surface area contributed by atoms with E-state index < -0.39 is 0 Å². The van der Waals surface area contributed by atoms with E-state index in [1.165, 1.54) is 0 Å². The molecule has 60 valence electrons. The van der Waals surface area contributed by atoms with Gasteiger partial charge in [-0.3, -0.25) is 0 Å². The SMILES string of the molecule is CSc1cccc(N)c1CO. The van der Waals surface area contributed by atoms with Crippen molar-refractivity contribution in [3.8, 4) is 0 Å². The molecule has 1 aromatic carbocycles. The molecule has 0 heterocycles. The van der Waals surface area contributed by atoms with Gasteiger partial charge in [0.05, 0.1) is 6.61 Å². The summed E-state index contributed by atoms with van der Waals surface area (Å²) in [4.78, 5) is 1.05. The molecule has 2 nitrogen and oxygen atoms in total. The van der Waals surface area contributed by atoms with Crippen LogP contribution in [0.1, 0.15) is 5.56 Å². The number of nitrogen functional groups attached to an aromatic ring is 1. The minimum absolute atomic E-state index is 0.0167. The summed E-state index contributed by atoms with van der Waals surface area (Å²) >= 11 is 1.59. The number of aliphatic hydroxyl groups excluding tert-OH is 1. The Morgan fingerprint density at radius 3 is 2.73 bits per heavy atom. The second-order valence-electron chi connectivity index (χ2n) is 2.19. The van der Waals surface area contributed by atoms with Crippen LogP contribution in [0, 0.1) is 0 Å². The van der Waals surface area contributed by atoms with E-state index in [2.05, 4.69) is 0 Å². The highest BCUT2D eigenvalue weighted by atomic mass is 32.2. The van der Waals surface area contributed by atoms with Crippen LogP contribution < -0.4 is 5.73 Å². The largest absolute Gasteiger partial charge is 0.398 e. The van der Waals surface area contributed by atoms with Gasteiger partial charge in [0.25, 0.3) is 0 Å². The van der Waals surface area contributed by atoms with Crippen LogP contribution in [0.15, 0.2) is 23.1 Å².